The van der Waals surface area contributed by atoms with E-state index >= 15 is 0 Å². The average molecular weight is 287 g/mol. The predicted molar refractivity (Wildman–Crippen MR) is 72.7 cm³/mol. The molecule has 18 heavy (non-hydrogen) atoms. The van der Waals surface area contributed by atoms with Crippen LogP contribution in [0.2, 0.25) is 0 Å². The van der Waals surface area contributed by atoms with Crippen LogP contribution in [0.4, 0.5) is 0 Å². The monoisotopic (exact) mass is 287 g/mol. The first kappa shape index (κ1) is 13.5. The van der Waals surface area contributed by atoms with Crippen molar-refractivity contribution in [1.82, 2.24) is 4.90 Å². The van der Waals surface area contributed by atoms with Gasteiger partial charge in [-0.15, -0.1) is 11.3 Å². The van der Waals surface area contributed by atoms with Crippen molar-refractivity contribution in [2.75, 3.05) is 18.8 Å². The smallest absolute Gasteiger partial charge is 0.263 e. The first-order valence-electron chi connectivity index (χ1n) is 6.09. The summed E-state index contributed by atoms with van der Waals surface area (Å²) in [4.78, 5) is 14.6. The summed E-state index contributed by atoms with van der Waals surface area (Å²) < 4.78 is 23.5. The van der Waals surface area contributed by atoms with E-state index in [4.69, 9.17) is 0 Å². The number of piperidine rings is 1. The number of amides is 1. The van der Waals surface area contributed by atoms with Crippen molar-refractivity contribution in [3.8, 4) is 0 Å². The predicted octanol–water partition coefficient (Wildman–Crippen LogP) is 1.79. The highest BCUT2D eigenvalue weighted by atomic mass is 32.2. The SMILES string of the molecule is CCS(=O)(=O)C1CCN(C(=O)c2cccs2)CC1. The lowest BCUT2D eigenvalue weighted by Gasteiger charge is -2.31. The molecule has 0 atom stereocenters. The average Bonchev–Trinajstić information content (AvgIpc) is 2.92. The molecule has 100 valence electrons. The van der Waals surface area contributed by atoms with E-state index in [9.17, 15) is 13.2 Å². The molecule has 1 saturated heterocycles. The zero-order valence-electron chi connectivity index (χ0n) is 10.3. The van der Waals surface area contributed by atoms with Crippen molar-refractivity contribution in [3.63, 3.8) is 0 Å². The van der Waals surface area contributed by atoms with Gasteiger partial charge in [-0.3, -0.25) is 4.79 Å². The fourth-order valence-corrected chi connectivity index (χ4v) is 4.30. The fraction of sp³-hybridized carbons (Fsp3) is 0.583. The van der Waals surface area contributed by atoms with E-state index in [1.54, 1.807) is 11.8 Å². The van der Waals surface area contributed by atoms with Gasteiger partial charge in [-0.1, -0.05) is 13.0 Å². The maximum Gasteiger partial charge on any atom is 0.263 e. The van der Waals surface area contributed by atoms with E-state index < -0.39 is 9.84 Å². The van der Waals surface area contributed by atoms with Gasteiger partial charge in [0.05, 0.1) is 10.1 Å². The second-order valence-corrected chi connectivity index (χ2v) is 7.94. The molecule has 1 amide bonds. The molecular weight excluding hydrogens is 270 g/mol. The van der Waals surface area contributed by atoms with Gasteiger partial charge in [-0.25, -0.2) is 8.42 Å². The molecule has 4 nitrogen and oxygen atoms in total. The highest BCUT2D eigenvalue weighted by Gasteiger charge is 2.30. The molecule has 0 aromatic carbocycles. The van der Waals surface area contributed by atoms with Crippen LogP contribution in [0, 0.1) is 0 Å². The molecule has 0 spiro atoms. The van der Waals surface area contributed by atoms with Crippen molar-refractivity contribution < 1.29 is 13.2 Å². The Bertz CT molecular complexity index is 499. The van der Waals surface area contributed by atoms with E-state index in [0.717, 1.165) is 4.88 Å². The summed E-state index contributed by atoms with van der Waals surface area (Å²) in [5, 5.41) is 1.61. The van der Waals surface area contributed by atoms with Crippen molar-refractivity contribution in [3.05, 3.63) is 22.4 Å². The van der Waals surface area contributed by atoms with Crippen LogP contribution in [-0.4, -0.2) is 43.3 Å². The number of rotatable bonds is 3. The summed E-state index contributed by atoms with van der Waals surface area (Å²) in [5.41, 5.74) is 0. The Morgan fingerprint density at radius 1 is 1.44 bits per heavy atom. The van der Waals surface area contributed by atoms with E-state index in [1.807, 2.05) is 17.5 Å². The molecule has 0 saturated carbocycles. The number of likely N-dealkylation sites (tertiary alicyclic amines) is 1. The molecule has 1 aromatic heterocycles. The minimum absolute atomic E-state index is 0.0253. The van der Waals surface area contributed by atoms with Gasteiger partial charge >= 0.3 is 0 Å². The fourth-order valence-electron chi connectivity index (χ4n) is 2.21. The third-order valence-electron chi connectivity index (χ3n) is 3.37. The lowest BCUT2D eigenvalue weighted by atomic mass is 10.1. The molecule has 2 heterocycles. The van der Waals surface area contributed by atoms with Crippen molar-refractivity contribution in [2.24, 2.45) is 0 Å². The molecule has 0 bridgehead atoms. The Hall–Kier alpha value is -0.880. The second-order valence-electron chi connectivity index (χ2n) is 4.42. The zero-order chi connectivity index (χ0) is 13.2. The van der Waals surface area contributed by atoms with Crippen molar-refractivity contribution >= 4 is 27.1 Å². The molecule has 0 unspecified atom stereocenters. The molecule has 1 aliphatic heterocycles. The number of thiophene rings is 1. The standard InChI is InChI=1S/C12H17NO3S2/c1-2-18(15,16)10-5-7-13(8-6-10)12(14)11-4-3-9-17-11/h3-4,9-10H,2,5-8H2,1H3. The quantitative estimate of drug-likeness (QED) is 0.851. The number of nitrogens with zero attached hydrogens (tertiary/aromatic N) is 1. The Morgan fingerprint density at radius 3 is 2.61 bits per heavy atom. The molecule has 6 heteroatoms. The maximum atomic E-state index is 12.1. The summed E-state index contributed by atoms with van der Waals surface area (Å²) >= 11 is 1.43. The highest BCUT2D eigenvalue weighted by molar-refractivity contribution is 7.92. The van der Waals surface area contributed by atoms with Gasteiger partial charge in [-0.2, -0.15) is 0 Å². The largest absolute Gasteiger partial charge is 0.338 e. The molecule has 0 radical (unpaired) electrons. The van der Waals surface area contributed by atoms with Crippen LogP contribution in [-0.2, 0) is 9.84 Å². The summed E-state index contributed by atoms with van der Waals surface area (Å²) in [6.45, 7) is 2.76. The molecule has 1 aliphatic rings. The third-order valence-corrected chi connectivity index (χ3v) is 6.52. The Kier molecular flexibility index (Phi) is 4.07. The van der Waals surface area contributed by atoms with Gasteiger partial charge in [0.2, 0.25) is 0 Å². The van der Waals surface area contributed by atoms with Gasteiger partial charge in [0.15, 0.2) is 9.84 Å². The first-order chi connectivity index (χ1) is 8.54. The van der Waals surface area contributed by atoms with E-state index in [1.165, 1.54) is 11.3 Å². The molecule has 1 aromatic rings. The van der Waals surface area contributed by atoms with Crippen LogP contribution in [0.3, 0.4) is 0 Å². The zero-order valence-corrected chi connectivity index (χ0v) is 12.0. The van der Waals surface area contributed by atoms with Crippen molar-refractivity contribution in [2.45, 2.75) is 25.0 Å². The van der Waals surface area contributed by atoms with Crippen LogP contribution < -0.4 is 0 Å². The minimum atomic E-state index is -2.96. The summed E-state index contributed by atoms with van der Waals surface area (Å²) in [6, 6.07) is 3.66. The van der Waals surface area contributed by atoms with Gasteiger partial charge in [0, 0.05) is 18.8 Å². The molecular formula is C12H17NO3S2. The van der Waals surface area contributed by atoms with Crippen LogP contribution >= 0.6 is 11.3 Å². The summed E-state index contributed by atoms with van der Waals surface area (Å²) in [6.07, 6.45) is 1.13. The topological polar surface area (TPSA) is 54.5 Å². The van der Waals surface area contributed by atoms with Gasteiger partial charge in [0.25, 0.3) is 5.91 Å². The number of hydrogen-bond donors (Lipinski definition) is 0. The molecule has 0 N–H and O–H groups in total. The van der Waals surface area contributed by atoms with Gasteiger partial charge < -0.3 is 4.90 Å². The number of hydrogen-bond acceptors (Lipinski definition) is 4. The minimum Gasteiger partial charge on any atom is -0.338 e. The number of carbonyl (C=O) groups excluding carboxylic acids is 1. The summed E-state index contributed by atoms with van der Waals surface area (Å²) in [5.74, 6) is 0.216. The number of sulfone groups is 1. The highest BCUT2D eigenvalue weighted by Crippen LogP contribution is 2.21. The maximum absolute atomic E-state index is 12.1. The lowest BCUT2D eigenvalue weighted by molar-refractivity contribution is 0.0730. The number of carbonyl (C=O) groups is 1. The lowest BCUT2D eigenvalue weighted by Crippen LogP contribution is -2.42. The van der Waals surface area contributed by atoms with Crippen molar-refractivity contribution in [1.29, 1.82) is 0 Å². The van der Waals surface area contributed by atoms with Gasteiger partial charge in [0.1, 0.15) is 0 Å². The van der Waals surface area contributed by atoms with Crippen LogP contribution in [0.1, 0.15) is 29.4 Å². The second kappa shape index (κ2) is 5.40. The molecule has 2 rings (SSSR count). The summed E-state index contributed by atoms with van der Waals surface area (Å²) in [7, 11) is -2.96. The van der Waals surface area contributed by atoms with Gasteiger partial charge in [-0.05, 0) is 24.3 Å². The van der Waals surface area contributed by atoms with E-state index in [2.05, 4.69) is 0 Å². The third kappa shape index (κ3) is 2.75. The van der Waals surface area contributed by atoms with Crippen LogP contribution in [0.25, 0.3) is 0 Å². The van der Waals surface area contributed by atoms with Crippen LogP contribution in [0.15, 0.2) is 17.5 Å². The molecule has 0 aliphatic carbocycles. The van der Waals surface area contributed by atoms with E-state index in [0.29, 0.717) is 25.9 Å². The van der Waals surface area contributed by atoms with Crippen LogP contribution in [0.5, 0.6) is 0 Å². The Labute approximate surface area is 112 Å². The Balaban J connectivity index is 1.97. The Morgan fingerprint density at radius 2 is 2.11 bits per heavy atom. The van der Waals surface area contributed by atoms with E-state index in [-0.39, 0.29) is 16.9 Å². The molecule has 1 fully saturated rings. The first-order valence-corrected chi connectivity index (χ1v) is 8.68. The normalized spacial score (nSPS) is 17.9.